The van der Waals surface area contributed by atoms with Crippen molar-refractivity contribution in [1.29, 1.82) is 0 Å². The summed E-state index contributed by atoms with van der Waals surface area (Å²) in [4.78, 5) is 13.6. The van der Waals surface area contributed by atoms with Gasteiger partial charge in [-0.1, -0.05) is 0 Å². The number of amides is 1. The highest BCUT2D eigenvalue weighted by Crippen LogP contribution is 2.14. The number of aliphatic hydroxyl groups excluding tert-OH is 1. The van der Waals surface area contributed by atoms with Gasteiger partial charge in [0, 0.05) is 26.8 Å². The monoisotopic (exact) mass is 230 g/mol. The number of aliphatic hydroxyl groups is 1. The van der Waals surface area contributed by atoms with Gasteiger partial charge in [0.2, 0.25) is 5.91 Å². The van der Waals surface area contributed by atoms with Crippen LogP contribution < -0.4 is 5.32 Å². The Labute approximate surface area is 96.8 Å². The summed E-state index contributed by atoms with van der Waals surface area (Å²) in [5, 5.41) is 11.9. The molecule has 16 heavy (non-hydrogen) atoms. The summed E-state index contributed by atoms with van der Waals surface area (Å²) in [6, 6.07) is 0. The molecular weight excluding hydrogens is 208 g/mol. The van der Waals surface area contributed by atoms with E-state index < -0.39 is 0 Å². The van der Waals surface area contributed by atoms with Crippen molar-refractivity contribution in [1.82, 2.24) is 10.2 Å². The van der Waals surface area contributed by atoms with Crippen molar-refractivity contribution in [3.63, 3.8) is 0 Å². The molecule has 1 aliphatic heterocycles. The summed E-state index contributed by atoms with van der Waals surface area (Å²) in [5.74, 6) is 0.371. The lowest BCUT2D eigenvalue weighted by atomic mass is 9.99. The van der Waals surface area contributed by atoms with E-state index in [0.29, 0.717) is 25.6 Å². The predicted octanol–water partition coefficient (Wildman–Crippen LogP) is -0.547. The standard InChI is InChI=1S/C11H22N2O3/c1-16-6-4-12-11(15)8-13-5-2-3-10(7-13)9-14/h10,14H,2-9H2,1H3,(H,12,15)/t10-/m1/s1. The minimum atomic E-state index is 0.0376. The van der Waals surface area contributed by atoms with Crippen LogP contribution in [0.15, 0.2) is 0 Å². The molecule has 1 amide bonds. The summed E-state index contributed by atoms with van der Waals surface area (Å²) in [7, 11) is 1.61. The maximum Gasteiger partial charge on any atom is 0.234 e. The van der Waals surface area contributed by atoms with Crippen molar-refractivity contribution in [2.24, 2.45) is 5.92 Å². The van der Waals surface area contributed by atoms with Gasteiger partial charge in [0.25, 0.3) is 0 Å². The van der Waals surface area contributed by atoms with Crippen molar-refractivity contribution in [3.8, 4) is 0 Å². The Morgan fingerprint density at radius 3 is 3.12 bits per heavy atom. The number of rotatable bonds is 6. The molecule has 0 radical (unpaired) electrons. The van der Waals surface area contributed by atoms with Gasteiger partial charge in [0.1, 0.15) is 0 Å². The van der Waals surface area contributed by atoms with Crippen LogP contribution in [-0.2, 0) is 9.53 Å². The van der Waals surface area contributed by atoms with Crippen LogP contribution in [0.25, 0.3) is 0 Å². The van der Waals surface area contributed by atoms with Crippen molar-refractivity contribution < 1.29 is 14.6 Å². The van der Waals surface area contributed by atoms with Gasteiger partial charge in [0.05, 0.1) is 13.2 Å². The van der Waals surface area contributed by atoms with Gasteiger partial charge in [-0.15, -0.1) is 0 Å². The molecule has 0 spiro atoms. The van der Waals surface area contributed by atoms with Crippen molar-refractivity contribution in [3.05, 3.63) is 0 Å². The first-order valence-corrected chi connectivity index (χ1v) is 5.85. The fourth-order valence-electron chi connectivity index (χ4n) is 2.00. The van der Waals surface area contributed by atoms with Crippen LogP contribution in [0, 0.1) is 5.92 Å². The summed E-state index contributed by atoms with van der Waals surface area (Å²) < 4.78 is 4.86. The number of carbonyl (C=O) groups excluding carboxylic acids is 1. The van der Waals surface area contributed by atoms with Gasteiger partial charge >= 0.3 is 0 Å². The van der Waals surface area contributed by atoms with E-state index in [1.165, 1.54) is 0 Å². The van der Waals surface area contributed by atoms with Gasteiger partial charge in [-0.2, -0.15) is 0 Å². The number of carbonyl (C=O) groups is 1. The number of ether oxygens (including phenoxy) is 1. The number of nitrogens with zero attached hydrogens (tertiary/aromatic N) is 1. The molecule has 1 aliphatic rings. The van der Waals surface area contributed by atoms with E-state index in [-0.39, 0.29) is 12.5 Å². The van der Waals surface area contributed by atoms with Gasteiger partial charge in [-0.3, -0.25) is 9.69 Å². The molecule has 0 aromatic carbocycles. The summed E-state index contributed by atoms with van der Waals surface area (Å²) in [6.45, 7) is 3.54. The second-order valence-electron chi connectivity index (χ2n) is 4.27. The zero-order valence-electron chi connectivity index (χ0n) is 9.95. The lowest BCUT2D eigenvalue weighted by Crippen LogP contribution is -2.43. The third kappa shape index (κ3) is 4.92. The summed E-state index contributed by atoms with van der Waals surface area (Å²) in [5.41, 5.74) is 0. The number of nitrogens with one attached hydrogen (secondary N) is 1. The Kier molecular flexibility index (Phi) is 6.37. The van der Waals surface area contributed by atoms with Crippen LogP contribution in [0.3, 0.4) is 0 Å². The van der Waals surface area contributed by atoms with E-state index in [4.69, 9.17) is 9.84 Å². The Morgan fingerprint density at radius 2 is 2.44 bits per heavy atom. The molecule has 5 nitrogen and oxygen atoms in total. The second-order valence-corrected chi connectivity index (χ2v) is 4.27. The number of hydrogen-bond donors (Lipinski definition) is 2. The topological polar surface area (TPSA) is 61.8 Å². The molecule has 1 saturated heterocycles. The molecule has 5 heteroatoms. The Morgan fingerprint density at radius 1 is 1.62 bits per heavy atom. The molecule has 1 atom stereocenters. The lowest BCUT2D eigenvalue weighted by Gasteiger charge is -2.31. The predicted molar refractivity (Wildman–Crippen MR) is 61.1 cm³/mol. The van der Waals surface area contributed by atoms with Crippen LogP contribution in [-0.4, -0.2) is 62.4 Å². The summed E-state index contributed by atoms with van der Waals surface area (Å²) in [6.07, 6.45) is 2.13. The van der Waals surface area contributed by atoms with Gasteiger partial charge in [0.15, 0.2) is 0 Å². The lowest BCUT2D eigenvalue weighted by molar-refractivity contribution is -0.122. The van der Waals surface area contributed by atoms with Crippen LogP contribution in [0.5, 0.6) is 0 Å². The van der Waals surface area contributed by atoms with Crippen molar-refractivity contribution >= 4 is 5.91 Å². The third-order valence-corrected chi connectivity index (χ3v) is 2.86. The van der Waals surface area contributed by atoms with Crippen molar-refractivity contribution in [2.45, 2.75) is 12.8 Å². The second kappa shape index (κ2) is 7.60. The first-order valence-electron chi connectivity index (χ1n) is 5.85. The third-order valence-electron chi connectivity index (χ3n) is 2.86. The van der Waals surface area contributed by atoms with Gasteiger partial charge < -0.3 is 15.2 Å². The highest BCUT2D eigenvalue weighted by Gasteiger charge is 2.20. The Balaban J connectivity index is 2.17. The largest absolute Gasteiger partial charge is 0.396 e. The average molecular weight is 230 g/mol. The Bertz CT molecular complexity index is 211. The van der Waals surface area contributed by atoms with Crippen LogP contribution in [0.4, 0.5) is 0 Å². The van der Waals surface area contributed by atoms with E-state index in [9.17, 15) is 4.79 Å². The molecule has 1 rings (SSSR count). The van der Waals surface area contributed by atoms with E-state index in [0.717, 1.165) is 25.9 Å². The highest BCUT2D eigenvalue weighted by molar-refractivity contribution is 5.77. The minimum absolute atomic E-state index is 0.0376. The van der Waals surface area contributed by atoms with Crippen LogP contribution in [0.2, 0.25) is 0 Å². The normalized spacial score (nSPS) is 22.0. The van der Waals surface area contributed by atoms with E-state index in [1.54, 1.807) is 7.11 Å². The maximum atomic E-state index is 11.5. The molecular formula is C11H22N2O3. The molecule has 0 bridgehead atoms. The summed E-state index contributed by atoms with van der Waals surface area (Å²) >= 11 is 0. The van der Waals surface area contributed by atoms with Gasteiger partial charge in [-0.25, -0.2) is 0 Å². The molecule has 0 unspecified atom stereocenters. The number of piperidine rings is 1. The first kappa shape index (κ1) is 13.4. The molecule has 0 saturated carbocycles. The Hall–Kier alpha value is -0.650. The van der Waals surface area contributed by atoms with Crippen LogP contribution >= 0.6 is 0 Å². The zero-order chi connectivity index (χ0) is 11.8. The van der Waals surface area contributed by atoms with E-state index >= 15 is 0 Å². The molecule has 0 aromatic rings. The maximum absolute atomic E-state index is 11.5. The molecule has 2 N–H and O–H groups in total. The minimum Gasteiger partial charge on any atom is -0.396 e. The zero-order valence-corrected chi connectivity index (χ0v) is 9.95. The molecule has 0 aromatic heterocycles. The first-order chi connectivity index (χ1) is 7.76. The number of hydrogen-bond acceptors (Lipinski definition) is 4. The highest BCUT2D eigenvalue weighted by atomic mass is 16.5. The smallest absolute Gasteiger partial charge is 0.234 e. The van der Waals surface area contributed by atoms with Crippen molar-refractivity contribution in [2.75, 3.05) is 46.5 Å². The van der Waals surface area contributed by atoms with E-state index in [2.05, 4.69) is 10.2 Å². The van der Waals surface area contributed by atoms with Crippen LogP contribution in [0.1, 0.15) is 12.8 Å². The number of methoxy groups -OCH3 is 1. The molecule has 1 heterocycles. The number of likely N-dealkylation sites (tertiary alicyclic amines) is 1. The van der Waals surface area contributed by atoms with Gasteiger partial charge in [-0.05, 0) is 25.3 Å². The SMILES string of the molecule is COCCNC(=O)CN1CCC[C@@H](CO)C1. The average Bonchev–Trinajstić information content (AvgIpc) is 2.29. The fourth-order valence-corrected chi connectivity index (χ4v) is 2.00. The molecule has 94 valence electrons. The molecule has 0 aliphatic carbocycles. The quantitative estimate of drug-likeness (QED) is 0.601. The van der Waals surface area contributed by atoms with E-state index in [1.807, 2.05) is 0 Å². The molecule has 1 fully saturated rings. The fraction of sp³-hybridized carbons (Fsp3) is 0.909.